The molecule has 0 heterocycles. The van der Waals surface area contributed by atoms with Crippen LogP contribution < -0.4 is 5.73 Å². The minimum absolute atomic E-state index is 0.278. The van der Waals surface area contributed by atoms with E-state index in [1.165, 1.54) is 6.07 Å². The normalized spacial score (nSPS) is 8.93. The highest BCUT2D eigenvalue weighted by molar-refractivity contribution is 9.10. The molecule has 0 saturated carbocycles. The predicted octanol–water partition coefficient (Wildman–Crippen LogP) is 3.50. The molecule has 0 spiro atoms. The lowest BCUT2D eigenvalue weighted by Gasteiger charge is -2.06. The van der Waals surface area contributed by atoms with Crippen LogP contribution in [0.3, 0.4) is 0 Å². The van der Waals surface area contributed by atoms with E-state index >= 15 is 0 Å². The van der Waals surface area contributed by atoms with Gasteiger partial charge in [-0.1, -0.05) is 13.8 Å². The molecule has 0 aliphatic rings. The van der Waals surface area contributed by atoms with Gasteiger partial charge in [-0.15, -0.1) is 0 Å². The zero-order chi connectivity index (χ0) is 11.3. The first-order chi connectivity index (χ1) is 6.57. The van der Waals surface area contributed by atoms with Crippen LogP contribution in [-0.4, -0.2) is 6.21 Å². The number of nitrogens with two attached hydrogens (primary N) is 1. The first-order valence-corrected chi connectivity index (χ1v) is 5.11. The number of anilines is 1. The Hall–Kier alpha value is -0.900. The molecule has 0 atom stereocenters. The molecule has 0 fully saturated rings. The molecule has 1 aromatic carbocycles. The van der Waals surface area contributed by atoms with Crippen LogP contribution in [0.4, 0.5) is 10.1 Å². The maximum absolute atomic E-state index is 13.0. The molecule has 2 nitrogen and oxygen atoms in total. The molecule has 0 aromatic heterocycles. The fourth-order valence-corrected chi connectivity index (χ4v) is 1.44. The van der Waals surface area contributed by atoms with E-state index < -0.39 is 0 Å². The number of nitrogens with one attached hydrogen (secondary N) is 1. The average molecular weight is 261 g/mol. The number of benzene rings is 1. The molecule has 0 saturated heterocycles. The summed E-state index contributed by atoms with van der Waals surface area (Å²) in [6, 6.07) is 1.22. The molecule has 3 N–H and O–H groups in total. The Bertz CT molecular complexity index is 337. The fourth-order valence-electron chi connectivity index (χ4n) is 0.903. The standard InChI is InChI=1S/C8H8BrFN2.C2H6/c1-4-6(10)2-7(12)5(3-11)8(4)9;1-2/h2-3,11H,12H2,1H3;1-2H3. The summed E-state index contributed by atoms with van der Waals surface area (Å²) in [5.74, 6) is -0.357. The second-order valence-corrected chi connectivity index (χ2v) is 3.24. The van der Waals surface area contributed by atoms with Crippen molar-refractivity contribution in [2.45, 2.75) is 20.8 Å². The Labute approximate surface area is 92.0 Å². The number of hydrogen-bond acceptors (Lipinski definition) is 2. The molecule has 14 heavy (non-hydrogen) atoms. The summed E-state index contributed by atoms with van der Waals surface area (Å²) in [7, 11) is 0. The van der Waals surface area contributed by atoms with Gasteiger partial charge in [0.15, 0.2) is 0 Å². The van der Waals surface area contributed by atoms with Gasteiger partial charge in [-0.25, -0.2) is 4.39 Å². The second-order valence-electron chi connectivity index (χ2n) is 2.44. The molecule has 1 rings (SSSR count). The van der Waals surface area contributed by atoms with Crippen molar-refractivity contribution in [3.05, 3.63) is 27.5 Å². The van der Waals surface area contributed by atoms with Crippen molar-refractivity contribution in [2.75, 3.05) is 5.73 Å². The lowest BCUT2D eigenvalue weighted by atomic mass is 10.1. The van der Waals surface area contributed by atoms with Crippen LogP contribution in [0, 0.1) is 18.2 Å². The van der Waals surface area contributed by atoms with E-state index in [-0.39, 0.29) is 11.5 Å². The summed E-state index contributed by atoms with van der Waals surface area (Å²) in [6.07, 6.45) is 1.10. The van der Waals surface area contributed by atoms with E-state index in [1.807, 2.05) is 13.8 Å². The van der Waals surface area contributed by atoms with E-state index in [2.05, 4.69) is 15.9 Å². The Morgan fingerprint density at radius 3 is 2.43 bits per heavy atom. The first-order valence-electron chi connectivity index (χ1n) is 4.32. The SMILES string of the molecule is CC.Cc1c(F)cc(N)c(C=N)c1Br. The van der Waals surface area contributed by atoms with Gasteiger partial charge in [-0.2, -0.15) is 0 Å². The van der Waals surface area contributed by atoms with Gasteiger partial charge in [0.05, 0.1) is 0 Å². The van der Waals surface area contributed by atoms with E-state index in [4.69, 9.17) is 11.1 Å². The van der Waals surface area contributed by atoms with Crippen LogP contribution in [0.25, 0.3) is 0 Å². The minimum Gasteiger partial charge on any atom is -0.398 e. The molecule has 78 valence electrons. The maximum atomic E-state index is 13.0. The lowest BCUT2D eigenvalue weighted by molar-refractivity contribution is 0.618. The van der Waals surface area contributed by atoms with Gasteiger partial charge in [0.25, 0.3) is 0 Å². The Balaban J connectivity index is 0.000000791. The number of nitrogen functional groups attached to an aromatic ring is 1. The molecular formula is C10H14BrFN2. The van der Waals surface area contributed by atoms with Gasteiger partial charge >= 0.3 is 0 Å². The summed E-state index contributed by atoms with van der Waals surface area (Å²) < 4.78 is 13.5. The van der Waals surface area contributed by atoms with Crippen molar-refractivity contribution in [1.82, 2.24) is 0 Å². The van der Waals surface area contributed by atoms with E-state index in [0.717, 1.165) is 6.21 Å². The topological polar surface area (TPSA) is 49.9 Å². The molecule has 4 heteroatoms. The van der Waals surface area contributed by atoms with Crippen molar-refractivity contribution in [1.29, 1.82) is 5.41 Å². The van der Waals surface area contributed by atoms with Gasteiger partial charge in [0.2, 0.25) is 0 Å². The highest BCUT2D eigenvalue weighted by Crippen LogP contribution is 2.27. The van der Waals surface area contributed by atoms with Gasteiger partial charge in [-0.05, 0) is 34.5 Å². The highest BCUT2D eigenvalue weighted by atomic mass is 79.9. The zero-order valence-corrected chi connectivity index (χ0v) is 10.1. The Morgan fingerprint density at radius 2 is 2.00 bits per heavy atom. The summed E-state index contributed by atoms with van der Waals surface area (Å²) in [5, 5.41) is 7.04. The Kier molecular flexibility index (Phi) is 5.38. The third kappa shape index (κ3) is 2.54. The molecule has 0 unspecified atom stereocenters. The molecule has 1 aromatic rings. The molecule has 0 bridgehead atoms. The van der Waals surface area contributed by atoms with Gasteiger partial charge < -0.3 is 11.1 Å². The lowest BCUT2D eigenvalue weighted by Crippen LogP contribution is -1.98. The van der Waals surface area contributed by atoms with Crippen LogP contribution >= 0.6 is 15.9 Å². The summed E-state index contributed by atoms with van der Waals surface area (Å²) in [4.78, 5) is 0. The predicted molar refractivity (Wildman–Crippen MR) is 62.5 cm³/mol. The van der Waals surface area contributed by atoms with Crippen molar-refractivity contribution in [3.63, 3.8) is 0 Å². The maximum Gasteiger partial charge on any atom is 0.129 e. The second kappa shape index (κ2) is 5.75. The van der Waals surface area contributed by atoms with E-state index in [9.17, 15) is 4.39 Å². The zero-order valence-electron chi connectivity index (χ0n) is 8.49. The van der Waals surface area contributed by atoms with Crippen LogP contribution in [0.15, 0.2) is 10.5 Å². The minimum atomic E-state index is -0.357. The number of hydrogen-bond donors (Lipinski definition) is 2. The van der Waals surface area contributed by atoms with Crippen LogP contribution in [0.2, 0.25) is 0 Å². The summed E-state index contributed by atoms with van der Waals surface area (Å²) in [6.45, 7) is 5.63. The molecule has 0 aliphatic heterocycles. The fraction of sp³-hybridized carbons (Fsp3) is 0.300. The van der Waals surface area contributed by atoms with Gasteiger partial charge in [-0.3, -0.25) is 0 Å². The third-order valence-electron chi connectivity index (χ3n) is 1.66. The monoisotopic (exact) mass is 260 g/mol. The largest absolute Gasteiger partial charge is 0.398 e. The number of halogens is 2. The smallest absolute Gasteiger partial charge is 0.129 e. The molecule has 0 radical (unpaired) electrons. The van der Waals surface area contributed by atoms with Gasteiger partial charge in [0.1, 0.15) is 5.82 Å². The van der Waals surface area contributed by atoms with Crippen molar-refractivity contribution < 1.29 is 4.39 Å². The highest BCUT2D eigenvalue weighted by Gasteiger charge is 2.09. The molecular weight excluding hydrogens is 247 g/mol. The molecule has 0 amide bonds. The first kappa shape index (κ1) is 13.1. The van der Waals surface area contributed by atoms with Crippen LogP contribution in [-0.2, 0) is 0 Å². The van der Waals surface area contributed by atoms with E-state index in [1.54, 1.807) is 6.92 Å². The number of rotatable bonds is 1. The average Bonchev–Trinajstić information content (AvgIpc) is 2.18. The Morgan fingerprint density at radius 1 is 1.50 bits per heavy atom. The van der Waals surface area contributed by atoms with Crippen molar-refractivity contribution in [2.24, 2.45) is 0 Å². The quantitative estimate of drug-likeness (QED) is 0.590. The van der Waals surface area contributed by atoms with Gasteiger partial charge in [0, 0.05) is 21.9 Å². The summed E-state index contributed by atoms with van der Waals surface area (Å²) in [5.41, 5.74) is 6.75. The van der Waals surface area contributed by atoms with E-state index in [0.29, 0.717) is 15.6 Å². The third-order valence-corrected chi connectivity index (χ3v) is 2.68. The van der Waals surface area contributed by atoms with Crippen molar-refractivity contribution >= 4 is 27.8 Å². The summed E-state index contributed by atoms with van der Waals surface area (Å²) >= 11 is 3.17. The van der Waals surface area contributed by atoms with Crippen LogP contribution in [0.5, 0.6) is 0 Å². The van der Waals surface area contributed by atoms with Crippen molar-refractivity contribution in [3.8, 4) is 0 Å². The van der Waals surface area contributed by atoms with Crippen LogP contribution in [0.1, 0.15) is 25.0 Å². The molecule has 0 aliphatic carbocycles.